The molecule has 6 nitrogen and oxygen atoms in total. The van der Waals surface area contributed by atoms with Crippen LogP contribution in [0, 0.1) is 11.8 Å². The molecule has 0 spiro atoms. The lowest BCUT2D eigenvalue weighted by Gasteiger charge is -2.28. The summed E-state index contributed by atoms with van der Waals surface area (Å²) in [4.78, 5) is 11.8. The second-order valence-corrected chi connectivity index (χ2v) is 10.3. The fraction of sp³-hybridized carbons (Fsp3) is 0.452. The first-order valence-electron chi connectivity index (χ1n) is 13.7. The van der Waals surface area contributed by atoms with Crippen molar-refractivity contribution in [1.29, 1.82) is 0 Å². The van der Waals surface area contributed by atoms with E-state index in [1.807, 2.05) is 80.6 Å². The van der Waals surface area contributed by atoms with E-state index >= 15 is 0 Å². The number of unbranched alkanes of at least 4 members (excludes halogenated alkanes) is 1. The van der Waals surface area contributed by atoms with E-state index in [-0.39, 0.29) is 49.8 Å². The fourth-order valence-corrected chi connectivity index (χ4v) is 5.15. The molecule has 1 aliphatic carbocycles. The van der Waals surface area contributed by atoms with Crippen LogP contribution in [0.4, 0.5) is 0 Å². The lowest BCUT2D eigenvalue weighted by Crippen LogP contribution is -2.45. The van der Waals surface area contributed by atoms with Gasteiger partial charge in [-0.3, -0.25) is 4.79 Å². The molecule has 2 fully saturated rings. The molecule has 1 aliphatic heterocycles. The van der Waals surface area contributed by atoms with Crippen LogP contribution in [0.25, 0.3) is 0 Å². The molecule has 0 aromatic heterocycles. The van der Waals surface area contributed by atoms with Gasteiger partial charge < -0.3 is 23.9 Å². The molecular formula is C31H39BO6. The Morgan fingerprint density at radius 2 is 1.76 bits per heavy atom. The molecule has 5 atom stereocenters. The molecule has 1 saturated carbocycles. The highest BCUT2D eigenvalue weighted by Gasteiger charge is 2.50. The monoisotopic (exact) mass is 518 g/mol. The van der Waals surface area contributed by atoms with Crippen LogP contribution in [-0.4, -0.2) is 49.2 Å². The topological polar surface area (TPSA) is 74.2 Å². The van der Waals surface area contributed by atoms with Gasteiger partial charge in [-0.2, -0.15) is 0 Å². The fourth-order valence-electron chi connectivity index (χ4n) is 5.15. The highest BCUT2D eigenvalue weighted by molar-refractivity contribution is 6.61. The van der Waals surface area contributed by atoms with Crippen molar-refractivity contribution in [2.75, 3.05) is 6.61 Å². The molecule has 2 aromatic rings. The number of hydrogen-bond acceptors (Lipinski definition) is 6. The van der Waals surface area contributed by atoms with E-state index in [0.29, 0.717) is 6.42 Å². The van der Waals surface area contributed by atoms with Crippen LogP contribution in [0.5, 0.6) is 5.75 Å². The van der Waals surface area contributed by atoms with Crippen molar-refractivity contribution in [2.24, 2.45) is 11.8 Å². The zero-order chi connectivity index (χ0) is 26.7. The number of aliphatic hydroxyl groups is 1. The van der Waals surface area contributed by atoms with Gasteiger partial charge >= 0.3 is 13.1 Å². The summed E-state index contributed by atoms with van der Waals surface area (Å²) in [6.45, 7) is 3.92. The molecular weight excluding hydrogens is 479 g/mol. The zero-order valence-corrected chi connectivity index (χ0v) is 22.4. The van der Waals surface area contributed by atoms with Gasteiger partial charge in [0.15, 0.2) is 0 Å². The Hall–Kier alpha value is -2.87. The number of para-hydroxylation sites is 1. The van der Waals surface area contributed by atoms with Gasteiger partial charge in [0.2, 0.25) is 0 Å². The molecule has 0 radical (unpaired) electrons. The van der Waals surface area contributed by atoms with Gasteiger partial charge in [0.1, 0.15) is 18.5 Å². The molecule has 1 N–H and O–H groups in total. The number of ether oxygens (including phenoxy) is 2. The second kappa shape index (κ2) is 14.3. The van der Waals surface area contributed by atoms with E-state index in [9.17, 15) is 9.90 Å². The van der Waals surface area contributed by atoms with Gasteiger partial charge in [-0.25, -0.2) is 0 Å². The molecule has 4 rings (SSSR count). The number of carbonyl (C=O) groups is 1. The number of hydrogen-bond donors (Lipinski definition) is 1. The summed E-state index contributed by atoms with van der Waals surface area (Å²) in [6, 6.07) is 19.5. The van der Waals surface area contributed by atoms with Crippen molar-refractivity contribution < 1.29 is 28.7 Å². The van der Waals surface area contributed by atoms with Gasteiger partial charge in [-0.1, -0.05) is 72.8 Å². The van der Waals surface area contributed by atoms with Gasteiger partial charge in [0.25, 0.3) is 0 Å². The van der Waals surface area contributed by atoms with Crippen LogP contribution in [-0.2, 0) is 18.8 Å². The molecule has 38 heavy (non-hydrogen) atoms. The Morgan fingerprint density at radius 3 is 2.50 bits per heavy atom. The van der Waals surface area contributed by atoms with E-state index in [4.69, 9.17) is 18.8 Å². The van der Waals surface area contributed by atoms with E-state index in [2.05, 4.69) is 18.2 Å². The molecule has 2 aromatic carbocycles. The summed E-state index contributed by atoms with van der Waals surface area (Å²) in [5.74, 6) is 0.940. The van der Waals surface area contributed by atoms with Crippen molar-refractivity contribution >= 4 is 18.6 Å². The summed E-state index contributed by atoms with van der Waals surface area (Å²) >= 11 is 0. The summed E-state index contributed by atoms with van der Waals surface area (Å²) < 4.78 is 23.7. The van der Waals surface area contributed by atoms with Crippen LogP contribution >= 0.6 is 0 Å². The molecule has 2 unspecified atom stereocenters. The Kier molecular flexibility index (Phi) is 10.6. The molecule has 1 saturated heterocycles. The van der Waals surface area contributed by atoms with Crippen molar-refractivity contribution in [3.8, 4) is 5.75 Å². The van der Waals surface area contributed by atoms with E-state index in [1.165, 1.54) is 0 Å². The Morgan fingerprint density at radius 1 is 1.05 bits per heavy atom. The van der Waals surface area contributed by atoms with Crippen molar-refractivity contribution in [1.82, 2.24) is 0 Å². The van der Waals surface area contributed by atoms with Crippen LogP contribution < -0.4 is 10.2 Å². The third kappa shape index (κ3) is 8.32. The predicted octanol–water partition coefficient (Wildman–Crippen LogP) is 4.87. The van der Waals surface area contributed by atoms with Gasteiger partial charge in [-0.05, 0) is 63.0 Å². The largest absolute Gasteiger partial charge is 0.494 e. The number of esters is 1. The summed E-state index contributed by atoms with van der Waals surface area (Å²) in [5, 5.41) is 10.6. The van der Waals surface area contributed by atoms with E-state index < -0.39 is 6.10 Å². The summed E-state index contributed by atoms with van der Waals surface area (Å²) in [6.07, 6.45) is 11.2. The normalized spacial score (nSPS) is 23.8. The molecule has 2 aliphatic rings. The minimum atomic E-state index is -0.719. The smallest absolute Gasteiger partial charge is 0.491 e. The molecule has 0 amide bonds. The summed E-state index contributed by atoms with van der Waals surface area (Å²) in [5.41, 5.74) is 1.02. The van der Waals surface area contributed by atoms with Crippen molar-refractivity contribution in [3.05, 3.63) is 85.0 Å². The van der Waals surface area contributed by atoms with Gasteiger partial charge in [0, 0.05) is 18.4 Å². The van der Waals surface area contributed by atoms with E-state index in [0.717, 1.165) is 36.9 Å². The number of allylic oxidation sites excluding steroid dienone is 2. The Balaban J connectivity index is 1.36. The highest BCUT2D eigenvalue weighted by atomic mass is 16.6. The lowest BCUT2D eigenvalue weighted by atomic mass is 9.77. The number of aliphatic hydroxyl groups excluding tert-OH is 1. The zero-order valence-electron chi connectivity index (χ0n) is 22.4. The third-order valence-electron chi connectivity index (χ3n) is 6.95. The molecule has 7 heteroatoms. The van der Waals surface area contributed by atoms with Gasteiger partial charge in [-0.15, -0.1) is 0 Å². The molecule has 2 bridgehead atoms. The molecule has 202 valence electrons. The lowest BCUT2D eigenvalue weighted by molar-refractivity contribution is -0.147. The molecule has 1 heterocycles. The highest BCUT2D eigenvalue weighted by Crippen LogP contribution is 2.43. The SMILES string of the molecule is CC(C)OC(=O)CCC/C=C\C[C@@H]1C(/C=C/C(O)COc2ccccc2)[C@H]2C[C@@H]1OB(c1ccccc1)O2. The minimum absolute atomic E-state index is 0.0154. The number of carbonyl (C=O) groups excluding carboxylic acids is 1. The minimum Gasteiger partial charge on any atom is -0.491 e. The number of benzene rings is 2. The third-order valence-corrected chi connectivity index (χ3v) is 6.95. The Labute approximate surface area is 226 Å². The van der Waals surface area contributed by atoms with Crippen LogP contribution in [0.2, 0.25) is 0 Å². The first-order chi connectivity index (χ1) is 18.5. The van der Waals surface area contributed by atoms with Crippen LogP contribution in [0.1, 0.15) is 46.0 Å². The summed E-state index contributed by atoms with van der Waals surface area (Å²) in [7, 11) is -0.386. The number of fused-ring (bicyclic) bond motifs is 2. The maximum Gasteiger partial charge on any atom is 0.494 e. The van der Waals surface area contributed by atoms with Crippen LogP contribution in [0.15, 0.2) is 85.0 Å². The van der Waals surface area contributed by atoms with Gasteiger partial charge in [0.05, 0.1) is 12.2 Å². The average Bonchev–Trinajstić information content (AvgIpc) is 3.16. The first kappa shape index (κ1) is 28.2. The van der Waals surface area contributed by atoms with Crippen LogP contribution in [0.3, 0.4) is 0 Å². The maximum absolute atomic E-state index is 11.8. The van der Waals surface area contributed by atoms with Crippen molar-refractivity contribution in [2.45, 2.75) is 70.4 Å². The van der Waals surface area contributed by atoms with E-state index in [1.54, 1.807) is 0 Å². The number of rotatable bonds is 13. The second-order valence-electron chi connectivity index (χ2n) is 10.3. The Bertz CT molecular complexity index is 1040. The van der Waals surface area contributed by atoms with Crippen molar-refractivity contribution in [3.63, 3.8) is 0 Å². The predicted molar refractivity (Wildman–Crippen MR) is 149 cm³/mol. The standard InChI is InChI=1S/C31H39BO6/c1-23(2)36-31(34)18-12-4-3-11-17-27-28(20-19-25(33)22-35-26-15-9-6-10-16-26)30-21-29(27)37-32(38-30)24-13-7-5-8-14-24/h3,5-11,13-16,19-20,23,25,27-30,33H,4,12,17-18,21-22H2,1-2H3/b11-3-,20-19+/t25?,27-,28?,29+,30-/m1/s1. The maximum atomic E-state index is 11.8. The first-order valence-corrected chi connectivity index (χ1v) is 13.7. The average molecular weight is 518 g/mol. The quantitative estimate of drug-likeness (QED) is 0.177.